The molecular formula is C24H28N6O2. The summed E-state index contributed by atoms with van der Waals surface area (Å²) in [7, 11) is 1.66. The molecule has 1 saturated heterocycles. The summed E-state index contributed by atoms with van der Waals surface area (Å²) in [6, 6.07) is 11.7. The van der Waals surface area contributed by atoms with Crippen molar-refractivity contribution in [3.63, 3.8) is 0 Å². The van der Waals surface area contributed by atoms with E-state index in [0.29, 0.717) is 25.3 Å². The van der Waals surface area contributed by atoms with Gasteiger partial charge in [0.2, 0.25) is 5.91 Å². The number of amides is 1. The zero-order chi connectivity index (χ0) is 22.5. The molecule has 0 radical (unpaired) electrons. The summed E-state index contributed by atoms with van der Waals surface area (Å²) in [6.45, 7) is 6.81. The number of nitrogens with zero attached hydrogens (tertiary/aromatic N) is 5. The van der Waals surface area contributed by atoms with Crippen molar-refractivity contribution in [2.75, 3.05) is 43.5 Å². The lowest BCUT2D eigenvalue weighted by Crippen LogP contribution is -2.49. The van der Waals surface area contributed by atoms with E-state index in [0.717, 1.165) is 47.2 Å². The Morgan fingerprint density at radius 3 is 2.50 bits per heavy atom. The molecule has 1 amide bonds. The molecule has 1 aliphatic rings. The number of aryl methyl sites for hydroxylation is 2. The largest absolute Gasteiger partial charge is 0.496 e. The van der Waals surface area contributed by atoms with Crippen molar-refractivity contribution in [3.05, 3.63) is 65.6 Å². The van der Waals surface area contributed by atoms with Crippen LogP contribution < -0.4 is 15.0 Å². The molecule has 0 unspecified atom stereocenters. The van der Waals surface area contributed by atoms with Gasteiger partial charge in [0, 0.05) is 38.4 Å². The van der Waals surface area contributed by atoms with Crippen LogP contribution in [0.25, 0.3) is 0 Å². The quantitative estimate of drug-likeness (QED) is 0.641. The van der Waals surface area contributed by atoms with Crippen LogP contribution >= 0.6 is 0 Å². The first-order chi connectivity index (χ1) is 15.5. The van der Waals surface area contributed by atoms with E-state index in [1.807, 2.05) is 55.1 Å². The Morgan fingerprint density at radius 1 is 1.00 bits per heavy atom. The van der Waals surface area contributed by atoms with Crippen LogP contribution in [0, 0.1) is 13.8 Å². The van der Waals surface area contributed by atoms with Crippen LogP contribution in [-0.2, 0) is 11.2 Å². The number of ether oxygens (including phenoxy) is 1. The van der Waals surface area contributed by atoms with Crippen LogP contribution in [0.4, 0.5) is 17.5 Å². The average molecular weight is 433 g/mol. The molecule has 4 rings (SSSR count). The normalized spacial score (nSPS) is 13.7. The fourth-order valence-electron chi connectivity index (χ4n) is 3.85. The van der Waals surface area contributed by atoms with Crippen LogP contribution in [0.1, 0.15) is 16.7 Å². The summed E-state index contributed by atoms with van der Waals surface area (Å²) >= 11 is 0. The molecule has 1 aromatic carbocycles. The first kappa shape index (κ1) is 21.5. The van der Waals surface area contributed by atoms with Gasteiger partial charge in [-0.05, 0) is 48.7 Å². The lowest BCUT2D eigenvalue weighted by Gasteiger charge is -2.35. The van der Waals surface area contributed by atoms with Crippen molar-refractivity contribution < 1.29 is 9.53 Å². The van der Waals surface area contributed by atoms with E-state index in [1.165, 1.54) is 0 Å². The number of rotatable bonds is 6. The van der Waals surface area contributed by atoms with Gasteiger partial charge in [0.25, 0.3) is 0 Å². The Hall–Kier alpha value is -3.68. The Bertz CT molecular complexity index is 1100. The first-order valence-corrected chi connectivity index (χ1v) is 10.7. The summed E-state index contributed by atoms with van der Waals surface area (Å²) in [5.74, 6) is 3.27. The predicted molar refractivity (Wildman–Crippen MR) is 125 cm³/mol. The molecule has 166 valence electrons. The van der Waals surface area contributed by atoms with Gasteiger partial charge in [-0.25, -0.2) is 15.0 Å². The smallest absolute Gasteiger partial charge is 0.227 e. The minimum atomic E-state index is 0.143. The number of aromatic nitrogens is 3. The lowest BCUT2D eigenvalue weighted by molar-refractivity contribution is -0.130. The summed E-state index contributed by atoms with van der Waals surface area (Å²) < 4.78 is 5.30. The van der Waals surface area contributed by atoms with Crippen LogP contribution in [0.5, 0.6) is 5.75 Å². The third-order valence-corrected chi connectivity index (χ3v) is 5.60. The zero-order valence-electron chi connectivity index (χ0n) is 18.7. The van der Waals surface area contributed by atoms with E-state index in [9.17, 15) is 4.79 Å². The van der Waals surface area contributed by atoms with Crippen molar-refractivity contribution >= 4 is 23.4 Å². The second-order valence-electron chi connectivity index (χ2n) is 7.95. The molecule has 8 nitrogen and oxygen atoms in total. The molecule has 0 spiro atoms. The molecule has 32 heavy (non-hydrogen) atoms. The fourth-order valence-corrected chi connectivity index (χ4v) is 3.85. The van der Waals surface area contributed by atoms with Crippen molar-refractivity contribution in [3.8, 4) is 5.75 Å². The highest BCUT2D eigenvalue weighted by Crippen LogP contribution is 2.21. The maximum atomic E-state index is 12.8. The monoisotopic (exact) mass is 432 g/mol. The highest BCUT2D eigenvalue weighted by atomic mass is 16.5. The van der Waals surface area contributed by atoms with Crippen molar-refractivity contribution in [2.24, 2.45) is 0 Å². The van der Waals surface area contributed by atoms with E-state index in [4.69, 9.17) is 4.74 Å². The summed E-state index contributed by atoms with van der Waals surface area (Å²) in [5, 5.41) is 3.23. The number of hydrogen-bond acceptors (Lipinski definition) is 7. The average Bonchev–Trinajstić information content (AvgIpc) is 2.79. The fraction of sp³-hybridized carbons (Fsp3) is 0.333. The highest BCUT2D eigenvalue weighted by molar-refractivity contribution is 5.79. The minimum Gasteiger partial charge on any atom is -0.496 e. The second-order valence-corrected chi connectivity index (χ2v) is 7.95. The van der Waals surface area contributed by atoms with Crippen LogP contribution in [0.15, 0.2) is 48.9 Å². The van der Waals surface area contributed by atoms with Gasteiger partial charge in [0.05, 0.1) is 13.5 Å². The maximum Gasteiger partial charge on any atom is 0.227 e. The first-order valence-electron chi connectivity index (χ1n) is 10.7. The standard InChI is InChI=1S/C24H28N6O2/c1-17-6-7-25-21(12-17)28-22-15-23(27-16-26-22)29-8-10-30(11-9-29)24(31)14-19-4-5-20(32-3)18(2)13-19/h4-7,12-13,15-16H,8-11,14H2,1-3H3,(H,25,26,27,28). The Morgan fingerprint density at radius 2 is 1.78 bits per heavy atom. The van der Waals surface area contributed by atoms with Crippen molar-refractivity contribution in [2.45, 2.75) is 20.3 Å². The molecule has 0 atom stereocenters. The number of hydrogen-bond donors (Lipinski definition) is 1. The Kier molecular flexibility index (Phi) is 6.49. The van der Waals surface area contributed by atoms with Crippen LogP contribution in [0.3, 0.4) is 0 Å². The van der Waals surface area contributed by atoms with Crippen molar-refractivity contribution in [1.29, 1.82) is 0 Å². The zero-order valence-corrected chi connectivity index (χ0v) is 18.7. The topological polar surface area (TPSA) is 83.5 Å². The molecule has 0 saturated carbocycles. The highest BCUT2D eigenvalue weighted by Gasteiger charge is 2.22. The summed E-state index contributed by atoms with van der Waals surface area (Å²) in [6.07, 6.45) is 3.72. The molecule has 8 heteroatoms. The third kappa shape index (κ3) is 5.14. The van der Waals surface area contributed by atoms with Gasteiger partial charge < -0.3 is 19.9 Å². The van der Waals surface area contributed by atoms with E-state index in [2.05, 4.69) is 25.2 Å². The van der Waals surface area contributed by atoms with Crippen LogP contribution in [0.2, 0.25) is 0 Å². The number of methoxy groups -OCH3 is 1. The van der Waals surface area contributed by atoms with Gasteiger partial charge in [-0.1, -0.05) is 12.1 Å². The Balaban J connectivity index is 1.34. The van der Waals surface area contributed by atoms with Gasteiger partial charge in [-0.2, -0.15) is 0 Å². The molecule has 3 aromatic rings. The molecule has 0 bridgehead atoms. The summed E-state index contributed by atoms with van der Waals surface area (Å²) in [4.78, 5) is 29.9. The third-order valence-electron chi connectivity index (χ3n) is 5.60. The van der Waals surface area contributed by atoms with E-state index < -0.39 is 0 Å². The van der Waals surface area contributed by atoms with Gasteiger partial charge >= 0.3 is 0 Å². The molecule has 1 N–H and O–H groups in total. The number of nitrogens with one attached hydrogen (secondary N) is 1. The van der Waals surface area contributed by atoms with Gasteiger partial charge in [-0.15, -0.1) is 0 Å². The number of carbonyl (C=O) groups is 1. The van der Waals surface area contributed by atoms with Gasteiger partial charge in [0.1, 0.15) is 29.5 Å². The molecule has 3 heterocycles. The predicted octanol–water partition coefficient (Wildman–Crippen LogP) is 3.13. The minimum absolute atomic E-state index is 0.143. The number of carbonyl (C=O) groups excluding carboxylic acids is 1. The van der Waals surface area contributed by atoms with E-state index >= 15 is 0 Å². The van der Waals surface area contributed by atoms with E-state index in [-0.39, 0.29) is 5.91 Å². The molecule has 1 fully saturated rings. The summed E-state index contributed by atoms with van der Waals surface area (Å²) in [5.41, 5.74) is 3.17. The van der Waals surface area contributed by atoms with Gasteiger partial charge in [0.15, 0.2) is 0 Å². The second kappa shape index (κ2) is 9.64. The van der Waals surface area contributed by atoms with E-state index in [1.54, 1.807) is 19.6 Å². The molecular weight excluding hydrogens is 404 g/mol. The number of anilines is 3. The number of pyridine rings is 1. The Labute approximate surface area is 188 Å². The SMILES string of the molecule is COc1ccc(CC(=O)N2CCN(c3cc(Nc4cc(C)ccn4)ncn3)CC2)cc1C. The number of piperazine rings is 1. The van der Waals surface area contributed by atoms with Crippen LogP contribution in [-0.4, -0.2) is 59.0 Å². The maximum absolute atomic E-state index is 12.8. The van der Waals surface area contributed by atoms with Crippen molar-refractivity contribution in [1.82, 2.24) is 19.9 Å². The van der Waals surface area contributed by atoms with Gasteiger partial charge in [-0.3, -0.25) is 4.79 Å². The molecule has 0 aliphatic carbocycles. The molecule has 1 aliphatic heterocycles. The number of benzene rings is 1. The lowest BCUT2D eigenvalue weighted by atomic mass is 10.1. The molecule has 2 aromatic heterocycles.